The minimum Gasteiger partial charge on any atom is -0.454 e. The number of rotatable bonds is 4. The molecule has 0 bridgehead atoms. The van der Waals surface area contributed by atoms with Crippen molar-refractivity contribution in [3.8, 4) is 11.5 Å². The molecule has 1 amide bonds. The number of carbonyl (C=O) groups is 1. The molecule has 0 saturated heterocycles. The molecule has 102 valence electrons. The number of benzene rings is 1. The van der Waals surface area contributed by atoms with Crippen LogP contribution in [-0.4, -0.2) is 30.7 Å². The molecule has 3 rings (SSSR count). The summed E-state index contributed by atoms with van der Waals surface area (Å²) in [5, 5.41) is 0. The predicted octanol–water partition coefficient (Wildman–Crippen LogP) is 1.87. The van der Waals surface area contributed by atoms with Crippen LogP contribution in [0.2, 0.25) is 0 Å². The van der Waals surface area contributed by atoms with E-state index in [0.717, 1.165) is 6.54 Å². The number of carbonyl (C=O) groups excluding carboxylic acids is 1. The van der Waals surface area contributed by atoms with E-state index >= 15 is 0 Å². The molecule has 1 aliphatic carbocycles. The Morgan fingerprint density at radius 2 is 2.05 bits per heavy atom. The molecule has 2 aliphatic rings. The van der Waals surface area contributed by atoms with Gasteiger partial charge in [-0.15, -0.1) is 0 Å². The summed E-state index contributed by atoms with van der Waals surface area (Å²) in [5.74, 6) is 1.85. The van der Waals surface area contributed by atoms with Gasteiger partial charge in [0, 0.05) is 24.8 Å². The fourth-order valence-electron chi connectivity index (χ4n) is 2.28. The monoisotopic (exact) mass is 262 g/mol. The third-order valence-electron chi connectivity index (χ3n) is 3.62. The number of amides is 1. The van der Waals surface area contributed by atoms with Gasteiger partial charge in [0.25, 0.3) is 5.91 Å². The molecule has 1 aromatic carbocycles. The standard InChI is InChI=1S/C14H18N2O3/c1-2-16(7-9-3-4-9)14(17)10-5-12-13(6-11(10)15)19-8-18-12/h5-6,9H,2-4,7-8,15H2,1H3. The molecule has 0 spiro atoms. The Morgan fingerprint density at radius 1 is 1.37 bits per heavy atom. The van der Waals surface area contributed by atoms with E-state index in [1.54, 1.807) is 12.1 Å². The molecule has 1 heterocycles. The van der Waals surface area contributed by atoms with Gasteiger partial charge in [0.05, 0.1) is 5.56 Å². The predicted molar refractivity (Wildman–Crippen MR) is 71.3 cm³/mol. The molecule has 1 aliphatic heterocycles. The maximum Gasteiger partial charge on any atom is 0.256 e. The topological polar surface area (TPSA) is 64.8 Å². The van der Waals surface area contributed by atoms with E-state index in [1.807, 2.05) is 11.8 Å². The van der Waals surface area contributed by atoms with E-state index in [1.165, 1.54) is 12.8 Å². The highest BCUT2D eigenvalue weighted by atomic mass is 16.7. The summed E-state index contributed by atoms with van der Waals surface area (Å²) in [7, 11) is 0. The van der Waals surface area contributed by atoms with Crippen LogP contribution >= 0.6 is 0 Å². The molecular formula is C14H18N2O3. The van der Waals surface area contributed by atoms with Crippen molar-refractivity contribution in [2.24, 2.45) is 5.92 Å². The van der Waals surface area contributed by atoms with E-state index in [4.69, 9.17) is 15.2 Å². The van der Waals surface area contributed by atoms with Gasteiger partial charge < -0.3 is 20.1 Å². The quantitative estimate of drug-likeness (QED) is 0.841. The number of fused-ring (bicyclic) bond motifs is 1. The number of hydrogen-bond donors (Lipinski definition) is 1. The lowest BCUT2D eigenvalue weighted by Crippen LogP contribution is -2.33. The lowest BCUT2D eigenvalue weighted by molar-refractivity contribution is 0.0757. The van der Waals surface area contributed by atoms with Crippen LogP contribution in [0.25, 0.3) is 0 Å². The van der Waals surface area contributed by atoms with Crippen molar-refractivity contribution in [1.29, 1.82) is 0 Å². The Morgan fingerprint density at radius 3 is 2.68 bits per heavy atom. The fraction of sp³-hybridized carbons (Fsp3) is 0.500. The molecule has 0 atom stereocenters. The van der Waals surface area contributed by atoms with Crippen molar-refractivity contribution in [2.45, 2.75) is 19.8 Å². The number of anilines is 1. The molecule has 2 N–H and O–H groups in total. The SMILES string of the molecule is CCN(CC1CC1)C(=O)c1cc2c(cc1N)OCO2. The lowest BCUT2D eigenvalue weighted by atomic mass is 10.1. The van der Waals surface area contributed by atoms with Crippen molar-refractivity contribution in [3.05, 3.63) is 17.7 Å². The zero-order valence-electron chi connectivity index (χ0n) is 11.0. The van der Waals surface area contributed by atoms with Crippen LogP contribution in [0.3, 0.4) is 0 Å². The minimum atomic E-state index is -0.0230. The first-order valence-corrected chi connectivity index (χ1v) is 6.67. The van der Waals surface area contributed by atoms with Gasteiger partial charge in [0.2, 0.25) is 6.79 Å². The molecule has 0 aromatic heterocycles. The van der Waals surface area contributed by atoms with Crippen LogP contribution in [0.15, 0.2) is 12.1 Å². The molecular weight excluding hydrogens is 244 g/mol. The van der Waals surface area contributed by atoms with E-state index in [9.17, 15) is 4.79 Å². The van der Waals surface area contributed by atoms with Crippen molar-refractivity contribution in [1.82, 2.24) is 4.90 Å². The second kappa shape index (κ2) is 4.64. The zero-order valence-corrected chi connectivity index (χ0v) is 11.0. The maximum atomic E-state index is 12.5. The summed E-state index contributed by atoms with van der Waals surface area (Å²) in [5.41, 5.74) is 6.90. The van der Waals surface area contributed by atoms with Gasteiger partial charge in [-0.05, 0) is 31.7 Å². The number of ether oxygens (including phenoxy) is 2. The average Bonchev–Trinajstić information content (AvgIpc) is 3.11. The summed E-state index contributed by atoms with van der Waals surface area (Å²) in [6.07, 6.45) is 2.45. The van der Waals surface area contributed by atoms with Crippen LogP contribution in [0.4, 0.5) is 5.69 Å². The van der Waals surface area contributed by atoms with Crippen LogP contribution in [0, 0.1) is 5.92 Å². The van der Waals surface area contributed by atoms with E-state index in [0.29, 0.717) is 35.2 Å². The molecule has 5 heteroatoms. The molecule has 19 heavy (non-hydrogen) atoms. The van der Waals surface area contributed by atoms with Crippen molar-refractivity contribution in [3.63, 3.8) is 0 Å². The van der Waals surface area contributed by atoms with E-state index in [2.05, 4.69) is 0 Å². The van der Waals surface area contributed by atoms with Crippen molar-refractivity contribution in [2.75, 3.05) is 25.6 Å². The van der Waals surface area contributed by atoms with Gasteiger partial charge in [0.15, 0.2) is 11.5 Å². The molecule has 1 saturated carbocycles. The molecule has 0 radical (unpaired) electrons. The smallest absolute Gasteiger partial charge is 0.256 e. The van der Waals surface area contributed by atoms with Crippen LogP contribution in [0.5, 0.6) is 11.5 Å². The Kier molecular flexibility index (Phi) is 2.97. The second-order valence-electron chi connectivity index (χ2n) is 5.08. The van der Waals surface area contributed by atoms with E-state index < -0.39 is 0 Å². The largest absolute Gasteiger partial charge is 0.454 e. The van der Waals surface area contributed by atoms with Gasteiger partial charge in [-0.25, -0.2) is 0 Å². The van der Waals surface area contributed by atoms with Crippen LogP contribution < -0.4 is 15.2 Å². The number of nitrogens with zero attached hydrogens (tertiary/aromatic N) is 1. The van der Waals surface area contributed by atoms with Gasteiger partial charge in [-0.2, -0.15) is 0 Å². The molecule has 0 unspecified atom stereocenters. The average molecular weight is 262 g/mol. The first kappa shape index (κ1) is 12.1. The fourth-order valence-corrected chi connectivity index (χ4v) is 2.28. The van der Waals surface area contributed by atoms with Crippen molar-refractivity contribution >= 4 is 11.6 Å². The van der Waals surface area contributed by atoms with E-state index in [-0.39, 0.29) is 12.7 Å². The van der Waals surface area contributed by atoms with Crippen LogP contribution in [-0.2, 0) is 0 Å². The highest BCUT2D eigenvalue weighted by Gasteiger charge is 2.28. The zero-order chi connectivity index (χ0) is 13.4. The summed E-state index contributed by atoms with van der Waals surface area (Å²) < 4.78 is 10.6. The molecule has 1 fully saturated rings. The van der Waals surface area contributed by atoms with Crippen molar-refractivity contribution < 1.29 is 14.3 Å². The lowest BCUT2D eigenvalue weighted by Gasteiger charge is -2.21. The summed E-state index contributed by atoms with van der Waals surface area (Å²) in [6, 6.07) is 3.36. The van der Waals surface area contributed by atoms with Gasteiger partial charge in [-0.3, -0.25) is 4.79 Å². The highest BCUT2D eigenvalue weighted by Crippen LogP contribution is 2.37. The summed E-state index contributed by atoms with van der Waals surface area (Å²) >= 11 is 0. The molecule has 1 aromatic rings. The van der Waals surface area contributed by atoms with Gasteiger partial charge >= 0.3 is 0 Å². The maximum absolute atomic E-state index is 12.5. The third-order valence-corrected chi connectivity index (χ3v) is 3.62. The normalized spacial score (nSPS) is 16.5. The second-order valence-corrected chi connectivity index (χ2v) is 5.08. The summed E-state index contributed by atoms with van der Waals surface area (Å²) in [4.78, 5) is 14.4. The number of nitrogens with two attached hydrogens (primary N) is 1. The Balaban J connectivity index is 1.85. The third kappa shape index (κ3) is 2.32. The Hall–Kier alpha value is -1.91. The van der Waals surface area contributed by atoms with Crippen LogP contribution in [0.1, 0.15) is 30.1 Å². The van der Waals surface area contributed by atoms with Gasteiger partial charge in [0.1, 0.15) is 0 Å². The van der Waals surface area contributed by atoms with Gasteiger partial charge in [-0.1, -0.05) is 0 Å². The number of hydrogen-bond acceptors (Lipinski definition) is 4. The summed E-state index contributed by atoms with van der Waals surface area (Å²) in [6.45, 7) is 3.70. The number of nitrogen functional groups attached to an aromatic ring is 1. The first-order chi connectivity index (χ1) is 9.19. The Labute approximate surface area is 112 Å². The minimum absolute atomic E-state index is 0.0230. The highest BCUT2D eigenvalue weighted by molar-refractivity contribution is 6.00. The molecule has 5 nitrogen and oxygen atoms in total. The first-order valence-electron chi connectivity index (χ1n) is 6.67. The Bertz CT molecular complexity index is 512.